The van der Waals surface area contributed by atoms with Gasteiger partial charge in [0.25, 0.3) is 0 Å². The van der Waals surface area contributed by atoms with Crippen LogP contribution in [0.15, 0.2) is 91.0 Å². The SMILES string of the molecule is O=C1C(c2ccccc2)=C(c2ccccc2)OC1c1ccccc1. The van der Waals surface area contributed by atoms with Gasteiger partial charge in [-0.15, -0.1) is 0 Å². The van der Waals surface area contributed by atoms with Crippen LogP contribution in [0, 0.1) is 0 Å². The molecule has 0 amide bonds. The van der Waals surface area contributed by atoms with Gasteiger partial charge in [-0.3, -0.25) is 4.79 Å². The fourth-order valence-electron chi connectivity index (χ4n) is 3.00. The molecule has 0 saturated carbocycles. The summed E-state index contributed by atoms with van der Waals surface area (Å²) in [4.78, 5) is 13.1. The van der Waals surface area contributed by atoms with Crippen LogP contribution in [0.1, 0.15) is 22.8 Å². The highest BCUT2D eigenvalue weighted by atomic mass is 16.5. The van der Waals surface area contributed by atoms with Gasteiger partial charge in [-0.25, -0.2) is 0 Å². The third-order valence-corrected chi connectivity index (χ3v) is 4.15. The molecule has 0 aliphatic carbocycles. The third kappa shape index (κ3) is 2.52. The molecule has 3 aromatic carbocycles. The Balaban J connectivity index is 1.84. The van der Waals surface area contributed by atoms with E-state index >= 15 is 0 Å². The minimum absolute atomic E-state index is 0.00579. The predicted octanol–water partition coefficient (Wildman–Crippen LogP) is 4.90. The second-order valence-electron chi connectivity index (χ2n) is 5.71. The number of rotatable bonds is 3. The van der Waals surface area contributed by atoms with Gasteiger partial charge < -0.3 is 4.74 Å². The number of ether oxygens (including phenoxy) is 1. The Hall–Kier alpha value is -3.13. The first-order valence-electron chi connectivity index (χ1n) is 7.95. The average Bonchev–Trinajstić information content (AvgIpc) is 3.01. The number of benzene rings is 3. The zero-order chi connectivity index (χ0) is 16.4. The molecule has 2 heteroatoms. The van der Waals surface area contributed by atoms with E-state index in [0.29, 0.717) is 11.3 Å². The minimum Gasteiger partial charge on any atom is -0.476 e. The van der Waals surface area contributed by atoms with Gasteiger partial charge in [0, 0.05) is 11.1 Å². The van der Waals surface area contributed by atoms with Gasteiger partial charge in [0.2, 0.25) is 5.78 Å². The number of carbonyl (C=O) groups excluding carboxylic acids is 1. The average molecular weight is 312 g/mol. The second kappa shape index (κ2) is 6.17. The highest BCUT2D eigenvalue weighted by Gasteiger charge is 2.37. The largest absolute Gasteiger partial charge is 0.476 e. The monoisotopic (exact) mass is 312 g/mol. The summed E-state index contributed by atoms with van der Waals surface area (Å²) in [7, 11) is 0. The molecule has 0 radical (unpaired) electrons. The van der Waals surface area contributed by atoms with Crippen molar-refractivity contribution in [2.75, 3.05) is 0 Å². The lowest BCUT2D eigenvalue weighted by Crippen LogP contribution is -2.09. The first kappa shape index (κ1) is 14.5. The lowest BCUT2D eigenvalue weighted by atomic mass is 9.95. The van der Waals surface area contributed by atoms with E-state index in [1.54, 1.807) is 0 Å². The Morgan fingerprint density at radius 1 is 0.625 bits per heavy atom. The molecule has 116 valence electrons. The standard InChI is InChI=1S/C22H16O2/c23-20-19(16-10-4-1-5-11-16)21(17-12-6-2-7-13-17)24-22(20)18-14-8-3-9-15-18/h1-15,22H. The molecule has 0 fully saturated rings. The third-order valence-electron chi connectivity index (χ3n) is 4.15. The van der Waals surface area contributed by atoms with E-state index in [4.69, 9.17) is 4.74 Å². The van der Waals surface area contributed by atoms with Gasteiger partial charge >= 0.3 is 0 Å². The van der Waals surface area contributed by atoms with Crippen LogP contribution in [0.25, 0.3) is 11.3 Å². The minimum atomic E-state index is -0.586. The van der Waals surface area contributed by atoms with Crippen molar-refractivity contribution in [3.8, 4) is 0 Å². The van der Waals surface area contributed by atoms with E-state index in [9.17, 15) is 4.79 Å². The summed E-state index contributed by atoms with van der Waals surface area (Å²) in [6.45, 7) is 0. The Kier molecular flexibility index (Phi) is 3.72. The molecule has 1 atom stereocenters. The molecule has 1 heterocycles. The summed E-state index contributed by atoms with van der Waals surface area (Å²) in [6.07, 6.45) is -0.586. The molecular formula is C22H16O2. The molecule has 0 N–H and O–H groups in total. The lowest BCUT2D eigenvalue weighted by Gasteiger charge is -2.12. The number of hydrogen-bond acceptors (Lipinski definition) is 2. The van der Waals surface area contributed by atoms with Gasteiger partial charge in [0.1, 0.15) is 5.76 Å². The van der Waals surface area contributed by atoms with Crippen LogP contribution in [-0.2, 0) is 9.53 Å². The second-order valence-corrected chi connectivity index (χ2v) is 5.71. The van der Waals surface area contributed by atoms with E-state index in [1.165, 1.54) is 0 Å². The van der Waals surface area contributed by atoms with Crippen molar-refractivity contribution in [3.63, 3.8) is 0 Å². The normalized spacial score (nSPS) is 17.0. The number of ketones is 1. The van der Waals surface area contributed by atoms with Crippen molar-refractivity contribution in [2.24, 2.45) is 0 Å². The van der Waals surface area contributed by atoms with Crippen LogP contribution in [0.5, 0.6) is 0 Å². The Morgan fingerprint density at radius 3 is 1.71 bits per heavy atom. The van der Waals surface area contributed by atoms with Crippen molar-refractivity contribution in [2.45, 2.75) is 6.10 Å². The first-order valence-corrected chi connectivity index (χ1v) is 7.95. The van der Waals surface area contributed by atoms with Crippen molar-refractivity contribution in [3.05, 3.63) is 108 Å². The number of hydrogen-bond donors (Lipinski definition) is 0. The van der Waals surface area contributed by atoms with Crippen LogP contribution in [0.2, 0.25) is 0 Å². The van der Waals surface area contributed by atoms with Crippen molar-refractivity contribution in [1.29, 1.82) is 0 Å². The summed E-state index contributed by atoms with van der Waals surface area (Å²) < 4.78 is 6.14. The molecule has 3 aromatic rings. The van der Waals surface area contributed by atoms with Crippen LogP contribution in [0.3, 0.4) is 0 Å². The number of carbonyl (C=O) groups is 1. The van der Waals surface area contributed by atoms with E-state index in [-0.39, 0.29) is 5.78 Å². The lowest BCUT2D eigenvalue weighted by molar-refractivity contribution is -0.119. The number of Topliss-reactive ketones (excluding diaryl/α,β-unsaturated/α-hetero) is 1. The van der Waals surface area contributed by atoms with E-state index in [1.807, 2.05) is 91.0 Å². The highest BCUT2D eigenvalue weighted by Crippen LogP contribution is 2.42. The molecule has 0 aromatic heterocycles. The quantitative estimate of drug-likeness (QED) is 0.688. The maximum absolute atomic E-state index is 13.1. The maximum atomic E-state index is 13.1. The highest BCUT2D eigenvalue weighted by molar-refractivity contribution is 6.31. The van der Waals surface area contributed by atoms with Gasteiger partial charge in [-0.2, -0.15) is 0 Å². The Bertz CT molecular complexity index is 881. The van der Waals surface area contributed by atoms with Crippen molar-refractivity contribution >= 4 is 17.1 Å². The molecule has 0 spiro atoms. The molecular weight excluding hydrogens is 296 g/mol. The van der Waals surface area contributed by atoms with Crippen molar-refractivity contribution in [1.82, 2.24) is 0 Å². The molecule has 24 heavy (non-hydrogen) atoms. The fourth-order valence-corrected chi connectivity index (χ4v) is 3.00. The topological polar surface area (TPSA) is 26.3 Å². The molecule has 2 nitrogen and oxygen atoms in total. The van der Waals surface area contributed by atoms with E-state index < -0.39 is 6.10 Å². The molecule has 0 bridgehead atoms. The molecule has 1 aliphatic rings. The molecule has 4 rings (SSSR count). The predicted molar refractivity (Wildman–Crippen MR) is 95.0 cm³/mol. The zero-order valence-electron chi connectivity index (χ0n) is 13.1. The molecule has 0 saturated heterocycles. The van der Waals surface area contributed by atoms with Gasteiger partial charge in [-0.05, 0) is 5.56 Å². The van der Waals surface area contributed by atoms with Crippen LogP contribution in [-0.4, -0.2) is 5.78 Å². The zero-order valence-corrected chi connectivity index (χ0v) is 13.1. The smallest absolute Gasteiger partial charge is 0.212 e. The molecule has 1 unspecified atom stereocenters. The Labute approximate surface area is 141 Å². The Morgan fingerprint density at radius 2 is 1.12 bits per heavy atom. The molecule has 1 aliphatic heterocycles. The fraction of sp³-hybridized carbons (Fsp3) is 0.0455. The van der Waals surface area contributed by atoms with Gasteiger partial charge in [-0.1, -0.05) is 91.0 Å². The van der Waals surface area contributed by atoms with Gasteiger partial charge in [0.05, 0.1) is 5.57 Å². The summed E-state index contributed by atoms with van der Waals surface area (Å²) in [5.74, 6) is 0.659. The maximum Gasteiger partial charge on any atom is 0.212 e. The van der Waals surface area contributed by atoms with E-state index in [0.717, 1.165) is 16.7 Å². The summed E-state index contributed by atoms with van der Waals surface area (Å²) in [5, 5.41) is 0. The van der Waals surface area contributed by atoms with Crippen LogP contribution >= 0.6 is 0 Å². The summed E-state index contributed by atoms with van der Waals surface area (Å²) in [5.41, 5.74) is 3.33. The van der Waals surface area contributed by atoms with Crippen molar-refractivity contribution < 1.29 is 9.53 Å². The summed E-state index contributed by atoms with van der Waals surface area (Å²) in [6, 6.07) is 29.2. The summed E-state index contributed by atoms with van der Waals surface area (Å²) >= 11 is 0. The first-order chi connectivity index (χ1) is 11.8. The van der Waals surface area contributed by atoms with E-state index in [2.05, 4.69) is 0 Å². The van der Waals surface area contributed by atoms with Gasteiger partial charge in [0.15, 0.2) is 6.10 Å². The van der Waals surface area contributed by atoms with Crippen LogP contribution < -0.4 is 0 Å². The van der Waals surface area contributed by atoms with Crippen LogP contribution in [0.4, 0.5) is 0 Å².